The summed E-state index contributed by atoms with van der Waals surface area (Å²) in [5.41, 5.74) is 1.63. The van der Waals surface area contributed by atoms with Gasteiger partial charge in [-0.1, -0.05) is 36.4 Å². The summed E-state index contributed by atoms with van der Waals surface area (Å²) in [5, 5.41) is 9.29. The van der Waals surface area contributed by atoms with Gasteiger partial charge >= 0.3 is 6.03 Å². The number of rotatable bonds is 3. The first kappa shape index (κ1) is 15.5. The number of aliphatic hydroxyl groups is 1. The molecule has 2 aromatic rings. The van der Waals surface area contributed by atoms with Crippen LogP contribution >= 0.6 is 0 Å². The van der Waals surface area contributed by atoms with Crippen LogP contribution in [0.1, 0.15) is 0 Å². The van der Waals surface area contributed by atoms with Crippen molar-refractivity contribution in [3.63, 3.8) is 0 Å². The maximum atomic E-state index is 13.1. The number of para-hydroxylation sites is 2. The zero-order valence-electron chi connectivity index (χ0n) is 12.8. The monoisotopic (exact) mass is 312 g/mol. The Morgan fingerprint density at radius 1 is 1.09 bits per heavy atom. The molecule has 0 bridgehead atoms. The van der Waals surface area contributed by atoms with E-state index in [1.54, 1.807) is 9.80 Å². The molecule has 1 saturated heterocycles. The summed E-state index contributed by atoms with van der Waals surface area (Å²) in [7, 11) is 0. The topological polar surface area (TPSA) is 53.0 Å². The van der Waals surface area contributed by atoms with Gasteiger partial charge < -0.3 is 14.7 Å². The van der Waals surface area contributed by atoms with E-state index in [9.17, 15) is 9.90 Å². The van der Waals surface area contributed by atoms with Gasteiger partial charge in [0.25, 0.3) is 0 Å². The third-order valence-electron chi connectivity index (χ3n) is 3.83. The molecule has 0 aromatic heterocycles. The highest BCUT2D eigenvalue weighted by Gasteiger charge is 2.28. The molecule has 0 spiro atoms. The Balaban J connectivity index is 1.91. The number of ether oxygens (including phenoxy) is 1. The third kappa shape index (κ3) is 3.52. The van der Waals surface area contributed by atoms with Crippen LogP contribution in [-0.2, 0) is 4.74 Å². The quantitative estimate of drug-likeness (QED) is 0.948. The Labute approximate surface area is 135 Å². The first-order valence-corrected chi connectivity index (χ1v) is 7.71. The van der Waals surface area contributed by atoms with Crippen LogP contribution in [0.15, 0.2) is 60.7 Å². The molecule has 0 aliphatic carbocycles. The van der Waals surface area contributed by atoms with Gasteiger partial charge in [0.05, 0.1) is 37.2 Å². The van der Waals surface area contributed by atoms with E-state index in [2.05, 4.69) is 0 Å². The average molecular weight is 312 g/mol. The Morgan fingerprint density at radius 2 is 1.65 bits per heavy atom. The van der Waals surface area contributed by atoms with Crippen molar-refractivity contribution in [1.29, 1.82) is 0 Å². The molecule has 1 aliphatic heterocycles. The summed E-state index contributed by atoms with van der Waals surface area (Å²) in [6.07, 6.45) is -0.318. The highest BCUT2D eigenvalue weighted by atomic mass is 16.5. The van der Waals surface area contributed by atoms with Gasteiger partial charge in [-0.05, 0) is 24.3 Å². The molecule has 23 heavy (non-hydrogen) atoms. The van der Waals surface area contributed by atoms with E-state index in [1.165, 1.54) is 0 Å². The number of carbonyl (C=O) groups is 1. The number of carbonyl (C=O) groups excluding carboxylic acids is 1. The van der Waals surface area contributed by atoms with E-state index in [0.717, 1.165) is 11.4 Å². The van der Waals surface area contributed by atoms with Gasteiger partial charge in [0, 0.05) is 6.54 Å². The first-order chi connectivity index (χ1) is 11.3. The fourth-order valence-corrected chi connectivity index (χ4v) is 2.67. The molecular weight excluding hydrogens is 292 g/mol. The lowest BCUT2D eigenvalue weighted by Crippen LogP contribution is -2.50. The van der Waals surface area contributed by atoms with Crippen LogP contribution < -0.4 is 4.90 Å². The van der Waals surface area contributed by atoms with Crippen LogP contribution in [0.2, 0.25) is 0 Å². The van der Waals surface area contributed by atoms with Gasteiger partial charge in [0.15, 0.2) is 0 Å². The molecule has 3 rings (SSSR count). The molecule has 120 valence electrons. The second-order valence-electron chi connectivity index (χ2n) is 5.41. The molecule has 0 radical (unpaired) electrons. The summed E-state index contributed by atoms with van der Waals surface area (Å²) in [6, 6.07) is 19.0. The molecule has 5 heteroatoms. The molecule has 5 nitrogen and oxygen atoms in total. The Bertz CT molecular complexity index is 594. The number of hydrogen-bond acceptors (Lipinski definition) is 3. The molecule has 2 amide bonds. The molecule has 1 heterocycles. The van der Waals surface area contributed by atoms with E-state index in [0.29, 0.717) is 19.7 Å². The molecule has 1 atom stereocenters. The number of nitrogens with zero attached hydrogens (tertiary/aromatic N) is 2. The molecule has 2 aromatic carbocycles. The third-order valence-corrected chi connectivity index (χ3v) is 3.83. The van der Waals surface area contributed by atoms with E-state index < -0.39 is 0 Å². The predicted molar refractivity (Wildman–Crippen MR) is 88.8 cm³/mol. The minimum Gasteiger partial charge on any atom is -0.394 e. The Hall–Kier alpha value is -2.37. The maximum Gasteiger partial charge on any atom is 0.329 e. The normalized spacial score (nSPS) is 17.8. The lowest BCUT2D eigenvalue weighted by atomic mass is 10.2. The smallest absolute Gasteiger partial charge is 0.329 e. The van der Waals surface area contributed by atoms with E-state index >= 15 is 0 Å². The van der Waals surface area contributed by atoms with Crippen LogP contribution in [0.25, 0.3) is 0 Å². The fourth-order valence-electron chi connectivity index (χ4n) is 2.67. The molecule has 0 unspecified atom stereocenters. The van der Waals surface area contributed by atoms with Gasteiger partial charge in [-0.15, -0.1) is 0 Å². The summed E-state index contributed by atoms with van der Waals surface area (Å²) < 4.78 is 5.44. The van der Waals surface area contributed by atoms with Crippen molar-refractivity contribution in [2.45, 2.75) is 6.10 Å². The van der Waals surface area contributed by atoms with Crippen molar-refractivity contribution in [3.8, 4) is 0 Å². The van der Waals surface area contributed by atoms with Gasteiger partial charge in [-0.2, -0.15) is 0 Å². The minimum atomic E-state index is -0.318. The lowest BCUT2D eigenvalue weighted by Gasteiger charge is -2.36. The van der Waals surface area contributed by atoms with Crippen molar-refractivity contribution in [2.75, 3.05) is 31.2 Å². The second kappa shape index (κ2) is 7.26. The zero-order valence-corrected chi connectivity index (χ0v) is 12.8. The van der Waals surface area contributed by atoms with Gasteiger partial charge in [-0.25, -0.2) is 4.79 Å². The number of aliphatic hydroxyl groups excluding tert-OH is 1. The van der Waals surface area contributed by atoms with Crippen LogP contribution in [0.5, 0.6) is 0 Å². The highest BCUT2D eigenvalue weighted by molar-refractivity contribution is 5.99. The largest absolute Gasteiger partial charge is 0.394 e. The SMILES string of the molecule is O=C(N1CCO[C@H](CO)C1)N(c1ccccc1)c1ccccc1. The number of anilines is 2. The molecule has 0 saturated carbocycles. The Kier molecular flexibility index (Phi) is 4.90. The first-order valence-electron chi connectivity index (χ1n) is 7.71. The van der Waals surface area contributed by atoms with Crippen molar-refractivity contribution in [2.24, 2.45) is 0 Å². The summed E-state index contributed by atoms with van der Waals surface area (Å²) >= 11 is 0. The summed E-state index contributed by atoms with van der Waals surface area (Å²) in [4.78, 5) is 16.5. The zero-order chi connectivity index (χ0) is 16.1. The fraction of sp³-hybridized carbons (Fsp3) is 0.278. The molecular formula is C18H20N2O3. The van der Waals surface area contributed by atoms with Gasteiger partial charge in [0.1, 0.15) is 0 Å². The highest BCUT2D eigenvalue weighted by Crippen LogP contribution is 2.27. The van der Waals surface area contributed by atoms with Crippen molar-refractivity contribution in [3.05, 3.63) is 60.7 Å². The second-order valence-corrected chi connectivity index (χ2v) is 5.41. The van der Waals surface area contributed by atoms with Gasteiger partial charge in [-0.3, -0.25) is 4.90 Å². The van der Waals surface area contributed by atoms with E-state index in [4.69, 9.17) is 4.74 Å². The molecule has 1 fully saturated rings. The van der Waals surface area contributed by atoms with E-state index in [-0.39, 0.29) is 18.7 Å². The predicted octanol–water partition coefficient (Wildman–Crippen LogP) is 2.64. The van der Waals surface area contributed by atoms with Crippen LogP contribution in [0.3, 0.4) is 0 Å². The number of benzene rings is 2. The minimum absolute atomic E-state index is 0.0829. The average Bonchev–Trinajstić information content (AvgIpc) is 2.64. The van der Waals surface area contributed by atoms with Crippen molar-refractivity contribution >= 4 is 17.4 Å². The van der Waals surface area contributed by atoms with Crippen LogP contribution in [-0.4, -0.2) is 48.4 Å². The van der Waals surface area contributed by atoms with Gasteiger partial charge in [0.2, 0.25) is 0 Å². The number of amides is 2. The van der Waals surface area contributed by atoms with Crippen LogP contribution in [0.4, 0.5) is 16.2 Å². The maximum absolute atomic E-state index is 13.1. The Morgan fingerprint density at radius 3 is 2.17 bits per heavy atom. The standard InChI is InChI=1S/C18H20N2O3/c21-14-17-13-19(11-12-23-17)18(22)20(15-7-3-1-4-8-15)16-9-5-2-6-10-16/h1-10,17,21H,11-14H2/t17-/m0/s1. The van der Waals surface area contributed by atoms with Crippen molar-refractivity contribution < 1.29 is 14.6 Å². The summed E-state index contributed by atoms with van der Waals surface area (Å²) in [6.45, 7) is 1.27. The van der Waals surface area contributed by atoms with Crippen molar-refractivity contribution in [1.82, 2.24) is 4.90 Å². The molecule has 1 N–H and O–H groups in total. The molecule has 1 aliphatic rings. The lowest BCUT2D eigenvalue weighted by molar-refractivity contribution is -0.0393. The van der Waals surface area contributed by atoms with E-state index in [1.807, 2.05) is 60.7 Å². The summed E-state index contributed by atoms with van der Waals surface area (Å²) in [5.74, 6) is 0. The van der Waals surface area contributed by atoms with Crippen LogP contribution in [0, 0.1) is 0 Å². The number of hydrogen-bond donors (Lipinski definition) is 1. The number of urea groups is 1. The number of morpholine rings is 1.